The maximum absolute atomic E-state index is 11.7. The average Bonchev–Trinajstić information content (AvgIpc) is 2.20. The Bertz CT molecular complexity index is 452. The third-order valence-corrected chi connectivity index (χ3v) is 3.02. The van der Waals surface area contributed by atoms with Crippen LogP contribution in [0, 0.1) is 5.92 Å². The van der Waals surface area contributed by atoms with Crippen molar-refractivity contribution < 1.29 is 27.5 Å². The first kappa shape index (κ1) is 18.7. The van der Waals surface area contributed by atoms with Gasteiger partial charge in [0.2, 0.25) is 0 Å². The topological polar surface area (TPSA) is 111 Å². The highest BCUT2D eigenvalue weighted by Gasteiger charge is 2.30. The second kappa shape index (κ2) is 6.89. The minimum atomic E-state index is -4.23. The number of amides is 1. The Morgan fingerprint density at radius 1 is 1.15 bits per heavy atom. The van der Waals surface area contributed by atoms with Crippen molar-refractivity contribution in [3.8, 4) is 0 Å². The fourth-order valence-electron chi connectivity index (χ4n) is 1.19. The number of esters is 1. The van der Waals surface area contributed by atoms with Crippen molar-refractivity contribution in [2.24, 2.45) is 5.92 Å². The van der Waals surface area contributed by atoms with Crippen LogP contribution in [0.1, 0.15) is 34.6 Å². The second-order valence-corrected chi connectivity index (χ2v) is 6.92. The Balaban J connectivity index is 4.81. The van der Waals surface area contributed by atoms with Crippen LogP contribution in [0.2, 0.25) is 0 Å². The van der Waals surface area contributed by atoms with Gasteiger partial charge in [-0.15, -0.1) is 0 Å². The van der Waals surface area contributed by atoms with Crippen molar-refractivity contribution in [2.75, 3.05) is 7.11 Å². The lowest BCUT2D eigenvalue weighted by Gasteiger charge is -2.22. The molecule has 0 aliphatic carbocycles. The molecule has 0 radical (unpaired) electrons. The molecule has 0 aromatic carbocycles. The fraction of sp³-hybridized carbons (Fsp3) is 0.818. The number of carbonyl (C=O) groups is 2. The van der Waals surface area contributed by atoms with E-state index in [0.717, 1.165) is 7.11 Å². The molecular weight excluding hydrogens is 288 g/mol. The lowest BCUT2D eigenvalue weighted by molar-refractivity contribution is -0.143. The second-order valence-electron chi connectivity index (χ2n) is 5.47. The van der Waals surface area contributed by atoms with Gasteiger partial charge in [0.25, 0.3) is 0 Å². The van der Waals surface area contributed by atoms with Crippen LogP contribution in [0.25, 0.3) is 0 Å². The van der Waals surface area contributed by atoms with Crippen molar-refractivity contribution >= 4 is 22.3 Å². The Hall–Kier alpha value is -1.35. The Labute approximate surface area is 119 Å². The molecule has 1 amide bonds. The number of methoxy groups -OCH3 is 1. The third kappa shape index (κ3) is 7.29. The van der Waals surface area contributed by atoms with E-state index in [1.165, 1.54) is 0 Å². The monoisotopic (exact) mass is 310 g/mol. The highest BCUT2D eigenvalue weighted by molar-refractivity contribution is 7.88. The summed E-state index contributed by atoms with van der Waals surface area (Å²) in [6.07, 6.45) is -1.13. The smallest absolute Gasteiger partial charge is 0.422 e. The zero-order valence-corrected chi connectivity index (χ0v) is 13.3. The van der Waals surface area contributed by atoms with Crippen LogP contribution in [0.15, 0.2) is 0 Å². The summed E-state index contributed by atoms with van der Waals surface area (Å²) in [6.45, 7) is 8.06. The van der Waals surface area contributed by atoms with Crippen LogP contribution in [-0.4, -0.2) is 39.2 Å². The van der Waals surface area contributed by atoms with Gasteiger partial charge in [-0.2, -0.15) is 13.1 Å². The van der Waals surface area contributed by atoms with E-state index in [9.17, 15) is 18.0 Å². The fourth-order valence-corrected chi connectivity index (χ4v) is 2.21. The number of nitrogens with one attached hydrogen (secondary N) is 2. The average molecular weight is 310 g/mol. The van der Waals surface area contributed by atoms with Gasteiger partial charge in [-0.3, -0.25) is 4.79 Å². The van der Waals surface area contributed by atoms with E-state index < -0.39 is 33.9 Å². The van der Waals surface area contributed by atoms with Crippen molar-refractivity contribution in [3.05, 3.63) is 0 Å². The zero-order chi connectivity index (χ0) is 16.1. The first-order valence-electron chi connectivity index (χ1n) is 5.99. The molecule has 0 saturated heterocycles. The van der Waals surface area contributed by atoms with Gasteiger partial charge in [0.05, 0.1) is 7.11 Å². The molecule has 0 bridgehead atoms. The van der Waals surface area contributed by atoms with Gasteiger partial charge in [0.1, 0.15) is 11.6 Å². The van der Waals surface area contributed by atoms with Crippen LogP contribution in [0.3, 0.4) is 0 Å². The van der Waals surface area contributed by atoms with Gasteiger partial charge in [-0.05, 0) is 26.7 Å². The molecule has 0 saturated carbocycles. The van der Waals surface area contributed by atoms with Crippen molar-refractivity contribution in [3.63, 3.8) is 0 Å². The molecule has 0 fully saturated rings. The normalized spacial score (nSPS) is 13.8. The van der Waals surface area contributed by atoms with E-state index in [1.807, 2.05) is 4.72 Å². The van der Waals surface area contributed by atoms with Crippen molar-refractivity contribution in [2.45, 2.75) is 46.3 Å². The Kier molecular flexibility index (Phi) is 6.42. The summed E-state index contributed by atoms with van der Waals surface area (Å²) >= 11 is 0. The van der Waals surface area contributed by atoms with Crippen LogP contribution < -0.4 is 9.44 Å². The molecule has 2 N–H and O–H groups in total. The predicted molar refractivity (Wildman–Crippen MR) is 72.1 cm³/mol. The number of hydrogen-bond donors (Lipinski definition) is 2. The molecule has 0 aromatic heterocycles. The quantitative estimate of drug-likeness (QED) is 0.717. The standard InChI is InChI=1S/C11H22N2O6S/c1-7(2)8(9(14)18-6)12-20(16,17)13-10(15)19-11(3,4)5/h7-8,12H,1-6H3,(H,13,15). The van der Waals surface area contributed by atoms with Gasteiger partial charge in [0, 0.05) is 0 Å². The number of rotatable bonds is 5. The molecule has 0 aromatic rings. The van der Waals surface area contributed by atoms with E-state index in [4.69, 9.17) is 4.74 Å². The molecule has 9 heteroatoms. The molecule has 0 aliphatic heterocycles. The Morgan fingerprint density at radius 3 is 2.00 bits per heavy atom. The summed E-state index contributed by atoms with van der Waals surface area (Å²) in [5.74, 6) is -1.09. The maximum atomic E-state index is 11.7. The molecule has 0 aliphatic rings. The maximum Gasteiger partial charge on any atom is 0.422 e. The van der Waals surface area contributed by atoms with Gasteiger partial charge in [0.15, 0.2) is 0 Å². The first-order valence-corrected chi connectivity index (χ1v) is 7.47. The first-order chi connectivity index (χ1) is 8.88. The third-order valence-electron chi connectivity index (χ3n) is 2.02. The van der Waals surface area contributed by atoms with Gasteiger partial charge >= 0.3 is 22.3 Å². The summed E-state index contributed by atoms with van der Waals surface area (Å²) in [5, 5.41) is 0. The molecule has 1 unspecified atom stereocenters. The van der Waals surface area contributed by atoms with E-state index in [0.29, 0.717) is 0 Å². The molecule has 20 heavy (non-hydrogen) atoms. The zero-order valence-electron chi connectivity index (χ0n) is 12.5. The minimum absolute atomic E-state index is 0.349. The lowest BCUT2D eigenvalue weighted by atomic mass is 10.1. The summed E-state index contributed by atoms with van der Waals surface area (Å²) in [5.41, 5.74) is -0.834. The highest BCUT2D eigenvalue weighted by atomic mass is 32.2. The van der Waals surface area contributed by atoms with Crippen LogP contribution >= 0.6 is 0 Å². The van der Waals surface area contributed by atoms with Crippen LogP contribution in [0.5, 0.6) is 0 Å². The number of hydrogen-bond acceptors (Lipinski definition) is 6. The van der Waals surface area contributed by atoms with E-state index >= 15 is 0 Å². The Morgan fingerprint density at radius 2 is 1.65 bits per heavy atom. The highest BCUT2D eigenvalue weighted by Crippen LogP contribution is 2.08. The van der Waals surface area contributed by atoms with Crippen molar-refractivity contribution in [1.82, 2.24) is 9.44 Å². The summed E-state index contributed by atoms with van der Waals surface area (Å²) in [4.78, 5) is 22.8. The molecular formula is C11H22N2O6S. The predicted octanol–water partition coefficient (Wildman–Crippen LogP) is 0.543. The molecule has 0 rings (SSSR count). The van der Waals surface area contributed by atoms with Crippen molar-refractivity contribution in [1.29, 1.82) is 0 Å². The molecule has 8 nitrogen and oxygen atoms in total. The number of carbonyl (C=O) groups excluding carboxylic acids is 2. The SMILES string of the molecule is COC(=O)C(NS(=O)(=O)NC(=O)OC(C)(C)C)C(C)C. The van der Waals surface area contributed by atoms with E-state index in [-0.39, 0.29) is 5.92 Å². The molecule has 0 spiro atoms. The minimum Gasteiger partial charge on any atom is -0.468 e. The molecule has 118 valence electrons. The van der Waals surface area contributed by atoms with E-state index in [2.05, 4.69) is 4.74 Å². The summed E-state index contributed by atoms with van der Waals surface area (Å²) in [7, 11) is -3.08. The molecule has 0 heterocycles. The van der Waals surface area contributed by atoms with E-state index in [1.54, 1.807) is 39.3 Å². The summed E-state index contributed by atoms with van der Waals surface area (Å²) < 4.78 is 36.5. The summed E-state index contributed by atoms with van der Waals surface area (Å²) in [6, 6.07) is -1.10. The van der Waals surface area contributed by atoms with Crippen LogP contribution in [0.4, 0.5) is 4.79 Å². The largest absolute Gasteiger partial charge is 0.468 e. The van der Waals surface area contributed by atoms with Gasteiger partial charge in [-0.1, -0.05) is 13.8 Å². The number of ether oxygens (including phenoxy) is 2. The van der Waals surface area contributed by atoms with Crippen LogP contribution in [-0.2, 0) is 24.5 Å². The van der Waals surface area contributed by atoms with Gasteiger partial charge in [-0.25, -0.2) is 9.52 Å². The lowest BCUT2D eigenvalue weighted by Crippen LogP contribution is -2.51. The molecule has 1 atom stereocenters. The van der Waals surface area contributed by atoms with Gasteiger partial charge < -0.3 is 9.47 Å².